The van der Waals surface area contributed by atoms with Crippen molar-refractivity contribution in [2.24, 2.45) is 23.7 Å². The maximum absolute atomic E-state index is 13.0. The standard InChI is InChI=1S/C72H140O17P2/c1-9-64(7)50-42-34-28-30-37-45-53-70(75)83-59-68(89-72(77)55-47-39-31-29-35-43-51-65(8)10-2)61-87-91(80,81)85-57-66(73)56-84-90(78,79)86-60-67(58-82-69(74)52-44-36-26-23-19-21-25-33-41-49-63(5)6)88-71(76)54-46-38-27-22-18-16-14-12-11-13-15-17-20-24-32-40-48-62(3)4/h62-68,73H,9-61H2,1-8H3,(H,78,79)(H,80,81)/t64?,65?,66-,67-,68-/m1/s1. The van der Waals surface area contributed by atoms with Crippen LogP contribution in [0.5, 0.6) is 0 Å². The van der Waals surface area contributed by atoms with E-state index in [1.807, 2.05) is 0 Å². The molecule has 0 saturated heterocycles. The average Bonchev–Trinajstić information content (AvgIpc) is 3.72. The molecule has 0 aliphatic carbocycles. The van der Waals surface area contributed by atoms with Crippen molar-refractivity contribution < 1.29 is 80.2 Å². The highest BCUT2D eigenvalue weighted by molar-refractivity contribution is 7.47. The fourth-order valence-corrected chi connectivity index (χ4v) is 12.4. The van der Waals surface area contributed by atoms with Crippen molar-refractivity contribution in [1.82, 2.24) is 0 Å². The van der Waals surface area contributed by atoms with E-state index in [2.05, 4.69) is 55.4 Å². The molecule has 19 heteroatoms. The normalized spacial score (nSPS) is 14.8. The van der Waals surface area contributed by atoms with Gasteiger partial charge in [0.25, 0.3) is 0 Å². The lowest BCUT2D eigenvalue weighted by Crippen LogP contribution is -2.30. The van der Waals surface area contributed by atoms with Gasteiger partial charge in [-0.05, 0) is 49.4 Å². The Balaban J connectivity index is 5.22. The zero-order valence-corrected chi connectivity index (χ0v) is 61.3. The third-order valence-corrected chi connectivity index (χ3v) is 19.2. The minimum atomic E-state index is -4.95. The molecule has 0 aromatic heterocycles. The van der Waals surface area contributed by atoms with Crippen molar-refractivity contribution >= 4 is 39.5 Å². The number of aliphatic hydroxyl groups excluding tert-OH is 1. The number of unbranched alkanes of at least 4 members (excludes halogenated alkanes) is 33. The molecule has 7 atom stereocenters. The second kappa shape index (κ2) is 61.6. The minimum absolute atomic E-state index is 0.102. The zero-order valence-electron chi connectivity index (χ0n) is 59.5. The summed E-state index contributed by atoms with van der Waals surface area (Å²) in [7, 11) is -9.90. The van der Waals surface area contributed by atoms with Crippen molar-refractivity contribution in [3.63, 3.8) is 0 Å². The number of hydrogen-bond donors (Lipinski definition) is 3. The van der Waals surface area contributed by atoms with E-state index in [1.165, 1.54) is 154 Å². The molecule has 0 radical (unpaired) electrons. The molecule has 4 unspecified atom stereocenters. The van der Waals surface area contributed by atoms with Gasteiger partial charge < -0.3 is 33.8 Å². The molecule has 0 bridgehead atoms. The number of phosphoric ester groups is 2. The smallest absolute Gasteiger partial charge is 0.462 e. The van der Waals surface area contributed by atoms with Crippen molar-refractivity contribution in [2.45, 2.75) is 375 Å². The summed E-state index contributed by atoms with van der Waals surface area (Å²) in [5.41, 5.74) is 0. The molecule has 540 valence electrons. The van der Waals surface area contributed by atoms with Crippen molar-refractivity contribution in [3.05, 3.63) is 0 Å². The summed E-state index contributed by atoms with van der Waals surface area (Å²) >= 11 is 0. The summed E-state index contributed by atoms with van der Waals surface area (Å²) in [4.78, 5) is 72.6. The van der Waals surface area contributed by atoms with E-state index < -0.39 is 97.5 Å². The molecule has 0 aliphatic heterocycles. The lowest BCUT2D eigenvalue weighted by Gasteiger charge is -2.21. The summed E-state index contributed by atoms with van der Waals surface area (Å²) in [6, 6.07) is 0. The second-order valence-corrected chi connectivity index (χ2v) is 30.3. The Hall–Kier alpha value is -1.94. The molecule has 0 saturated carbocycles. The van der Waals surface area contributed by atoms with Gasteiger partial charge in [-0.15, -0.1) is 0 Å². The van der Waals surface area contributed by atoms with Gasteiger partial charge in [0.05, 0.1) is 26.4 Å². The van der Waals surface area contributed by atoms with Crippen LogP contribution in [0.15, 0.2) is 0 Å². The van der Waals surface area contributed by atoms with Crippen LogP contribution in [0.4, 0.5) is 0 Å². The summed E-state index contributed by atoms with van der Waals surface area (Å²) in [5, 5.41) is 10.6. The van der Waals surface area contributed by atoms with Gasteiger partial charge in [-0.3, -0.25) is 37.3 Å². The predicted octanol–water partition coefficient (Wildman–Crippen LogP) is 20.5. The molecule has 0 aromatic rings. The first-order valence-electron chi connectivity index (χ1n) is 37.3. The summed E-state index contributed by atoms with van der Waals surface area (Å²) < 4.78 is 68.3. The van der Waals surface area contributed by atoms with Crippen LogP contribution in [0.25, 0.3) is 0 Å². The molecule has 0 fully saturated rings. The highest BCUT2D eigenvalue weighted by atomic mass is 31.2. The highest BCUT2D eigenvalue weighted by Gasteiger charge is 2.30. The third-order valence-electron chi connectivity index (χ3n) is 17.3. The first kappa shape index (κ1) is 89.1. The van der Waals surface area contributed by atoms with Crippen LogP contribution < -0.4 is 0 Å². The largest absolute Gasteiger partial charge is 0.472 e. The Labute approximate surface area is 556 Å². The lowest BCUT2D eigenvalue weighted by molar-refractivity contribution is -0.161. The fourth-order valence-electron chi connectivity index (χ4n) is 10.8. The van der Waals surface area contributed by atoms with Crippen LogP contribution in [0.3, 0.4) is 0 Å². The molecular weight excluding hydrogens is 1200 g/mol. The topological polar surface area (TPSA) is 237 Å². The number of carbonyl (C=O) groups is 4. The third kappa shape index (κ3) is 63.9. The number of esters is 4. The van der Waals surface area contributed by atoms with E-state index in [9.17, 15) is 43.2 Å². The summed E-state index contributed by atoms with van der Waals surface area (Å²) in [6.07, 6.45) is 44.6. The maximum Gasteiger partial charge on any atom is 0.472 e. The van der Waals surface area contributed by atoms with Crippen LogP contribution in [-0.4, -0.2) is 96.7 Å². The maximum atomic E-state index is 13.0. The highest BCUT2D eigenvalue weighted by Crippen LogP contribution is 2.45. The molecule has 3 N–H and O–H groups in total. The number of aliphatic hydroxyl groups is 1. The zero-order chi connectivity index (χ0) is 67.5. The van der Waals surface area contributed by atoms with Crippen molar-refractivity contribution in [1.29, 1.82) is 0 Å². The summed E-state index contributed by atoms with van der Waals surface area (Å²) in [5.74, 6) is 0.873. The van der Waals surface area contributed by atoms with Crippen LogP contribution in [-0.2, 0) is 65.4 Å². The fraction of sp³-hybridized carbons (Fsp3) is 0.944. The van der Waals surface area contributed by atoms with Gasteiger partial charge in [-0.2, -0.15) is 0 Å². The first-order chi connectivity index (χ1) is 43.7. The monoisotopic (exact) mass is 1340 g/mol. The molecule has 0 amide bonds. The molecule has 17 nitrogen and oxygen atoms in total. The van der Waals surface area contributed by atoms with Gasteiger partial charge in [-0.1, -0.05) is 306 Å². The molecule has 0 spiro atoms. The minimum Gasteiger partial charge on any atom is -0.462 e. The van der Waals surface area contributed by atoms with E-state index >= 15 is 0 Å². The van der Waals surface area contributed by atoms with Crippen molar-refractivity contribution in [2.75, 3.05) is 39.6 Å². The van der Waals surface area contributed by atoms with E-state index in [-0.39, 0.29) is 25.7 Å². The van der Waals surface area contributed by atoms with Gasteiger partial charge in [-0.25, -0.2) is 9.13 Å². The Morgan fingerprint density at radius 3 is 0.780 bits per heavy atom. The van der Waals surface area contributed by atoms with Crippen LogP contribution in [0.1, 0.15) is 357 Å². The molecule has 0 aromatic carbocycles. The molecule has 91 heavy (non-hydrogen) atoms. The first-order valence-corrected chi connectivity index (χ1v) is 40.3. The SMILES string of the molecule is CCC(C)CCCCCCCCC(=O)OC[C@H](COP(=O)(O)OC[C@H](O)COP(=O)(O)OC[C@@H](COC(=O)CCCCCCCCCCCC(C)C)OC(=O)CCCCCCCCCCCCCCCCCCC(C)C)OC(=O)CCCCCCCCC(C)CC. The lowest BCUT2D eigenvalue weighted by atomic mass is 10.00. The number of ether oxygens (including phenoxy) is 4. The van der Waals surface area contributed by atoms with Crippen LogP contribution >= 0.6 is 15.6 Å². The second-order valence-electron chi connectivity index (χ2n) is 27.4. The Bertz CT molecular complexity index is 1800. The van der Waals surface area contributed by atoms with Crippen LogP contribution in [0.2, 0.25) is 0 Å². The molecular formula is C72H140O17P2. The van der Waals surface area contributed by atoms with Gasteiger partial charge in [0.15, 0.2) is 12.2 Å². The van der Waals surface area contributed by atoms with Gasteiger partial charge >= 0.3 is 39.5 Å². The van der Waals surface area contributed by atoms with E-state index in [0.29, 0.717) is 25.7 Å². The van der Waals surface area contributed by atoms with E-state index in [0.717, 1.165) is 120 Å². The predicted molar refractivity (Wildman–Crippen MR) is 367 cm³/mol. The number of rotatable bonds is 69. The number of carbonyl (C=O) groups excluding carboxylic acids is 4. The molecule has 0 aliphatic rings. The van der Waals surface area contributed by atoms with Gasteiger partial charge in [0, 0.05) is 25.7 Å². The van der Waals surface area contributed by atoms with Crippen LogP contribution in [0, 0.1) is 23.7 Å². The summed E-state index contributed by atoms with van der Waals surface area (Å²) in [6.45, 7) is 14.1. The molecule has 0 heterocycles. The van der Waals surface area contributed by atoms with Gasteiger partial charge in [0.1, 0.15) is 19.3 Å². The number of phosphoric acid groups is 2. The van der Waals surface area contributed by atoms with E-state index in [1.54, 1.807) is 0 Å². The molecule has 0 rings (SSSR count). The quantitative estimate of drug-likeness (QED) is 0.0222. The Morgan fingerprint density at radius 1 is 0.308 bits per heavy atom. The Kier molecular flexibility index (Phi) is 60.3. The van der Waals surface area contributed by atoms with Crippen molar-refractivity contribution in [3.8, 4) is 0 Å². The van der Waals surface area contributed by atoms with E-state index in [4.69, 9.17) is 37.0 Å². The van der Waals surface area contributed by atoms with Gasteiger partial charge in [0.2, 0.25) is 0 Å². The number of hydrogen-bond acceptors (Lipinski definition) is 15. The average molecular weight is 1340 g/mol. The Morgan fingerprint density at radius 2 is 0.527 bits per heavy atom.